The molecule has 140 valence electrons. The van der Waals surface area contributed by atoms with Crippen LogP contribution >= 0.6 is 0 Å². The Bertz CT molecular complexity index is 733. The van der Waals surface area contributed by atoms with E-state index in [-0.39, 0.29) is 24.3 Å². The monoisotopic (exact) mass is 374 g/mol. The van der Waals surface area contributed by atoms with Gasteiger partial charge in [0.2, 0.25) is 0 Å². The summed E-state index contributed by atoms with van der Waals surface area (Å²) in [6, 6.07) is 9.72. The van der Waals surface area contributed by atoms with Crippen molar-refractivity contribution < 1.29 is 31.5 Å². The van der Waals surface area contributed by atoms with E-state index in [9.17, 15) is 26.7 Å². The van der Waals surface area contributed by atoms with E-state index in [1.807, 2.05) is 0 Å². The third-order valence-corrected chi connectivity index (χ3v) is 3.34. The molecule has 2 rings (SSSR count). The fraction of sp³-hybridized carbons (Fsp3) is 0.235. The van der Waals surface area contributed by atoms with Crippen LogP contribution in [0.3, 0.4) is 0 Å². The lowest BCUT2D eigenvalue weighted by Gasteiger charge is -2.13. The number of urea groups is 1. The molecule has 4 nitrogen and oxygen atoms in total. The quantitative estimate of drug-likeness (QED) is 0.722. The van der Waals surface area contributed by atoms with Gasteiger partial charge in [-0.15, -0.1) is 0 Å². The number of amides is 2. The lowest BCUT2D eigenvalue weighted by molar-refractivity contribution is -0.138. The van der Waals surface area contributed by atoms with Crippen LogP contribution in [0.15, 0.2) is 48.5 Å². The summed E-state index contributed by atoms with van der Waals surface area (Å²) in [6.45, 7) is -2.96. The summed E-state index contributed by atoms with van der Waals surface area (Å²) >= 11 is 0. The van der Waals surface area contributed by atoms with Gasteiger partial charge in [-0.05, 0) is 42.3 Å². The molecule has 0 saturated heterocycles. The van der Waals surface area contributed by atoms with Crippen LogP contribution < -0.4 is 15.4 Å². The van der Waals surface area contributed by atoms with Crippen molar-refractivity contribution in [1.82, 2.24) is 5.32 Å². The summed E-state index contributed by atoms with van der Waals surface area (Å²) < 4.78 is 66.9. The van der Waals surface area contributed by atoms with Crippen molar-refractivity contribution in [2.24, 2.45) is 0 Å². The van der Waals surface area contributed by atoms with Crippen LogP contribution in [0.4, 0.5) is 32.4 Å². The minimum Gasteiger partial charge on any atom is -0.435 e. The molecular formula is C17H15F5N2O2. The number of ether oxygens (including phenoxy) is 1. The Hall–Kier alpha value is -2.84. The second kappa shape index (κ2) is 8.50. The number of hydrogen-bond acceptors (Lipinski definition) is 2. The molecule has 2 N–H and O–H groups in total. The van der Waals surface area contributed by atoms with E-state index in [4.69, 9.17) is 0 Å². The number of benzene rings is 2. The van der Waals surface area contributed by atoms with Crippen molar-refractivity contribution in [1.29, 1.82) is 0 Å². The average Bonchev–Trinajstić information content (AvgIpc) is 2.56. The Morgan fingerprint density at radius 1 is 1.04 bits per heavy atom. The highest BCUT2D eigenvalue weighted by Gasteiger charge is 2.32. The summed E-state index contributed by atoms with van der Waals surface area (Å²) in [5, 5.41) is 4.87. The summed E-state index contributed by atoms with van der Waals surface area (Å²) in [5.41, 5.74) is -0.342. The number of carbonyl (C=O) groups excluding carboxylic acids is 1. The van der Waals surface area contributed by atoms with Gasteiger partial charge in [-0.2, -0.15) is 22.0 Å². The van der Waals surface area contributed by atoms with E-state index in [0.29, 0.717) is 5.69 Å². The predicted molar refractivity (Wildman–Crippen MR) is 85.2 cm³/mol. The largest absolute Gasteiger partial charge is 0.435 e. The van der Waals surface area contributed by atoms with Gasteiger partial charge in [-0.3, -0.25) is 0 Å². The van der Waals surface area contributed by atoms with Crippen molar-refractivity contribution in [3.05, 3.63) is 59.7 Å². The smallest absolute Gasteiger partial charge is 0.416 e. The standard InChI is InChI=1S/C17H15F5N2O2/c18-15(19)26-13-7-5-12(6-8-13)24-16(25)23-10-9-11-3-1-2-4-14(11)17(20,21)22/h1-8,15H,9-10H2,(H2,23,24,25). The highest BCUT2D eigenvalue weighted by Crippen LogP contribution is 2.31. The molecule has 2 aromatic rings. The first kappa shape index (κ1) is 19.5. The van der Waals surface area contributed by atoms with E-state index >= 15 is 0 Å². The molecule has 0 saturated carbocycles. The topological polar surface area (TPSA) is 50.4 Å². The zero-order chi connectivity index (χ0) is 19.2. The minimum absolute atomic E-state index is 0.00424. The molecule has 26 heavy (non-hydrogen) atoms. The molecule has 0 aromatic heterocycles. The molecule has 0 aliphatic carbocycles. The van der Waals surface area contributed by atoms with Gasteiger partial charge in [0.25, 0.3) is 0 Å². The molecule has 0 heterocycles. The van der Waals surface area contributed by atoms with Crippen LogP contribution in [-0.4, -0.2) is 19.2 Å². The number of halogens is 5. The molecule has 0 aliphatic heterocycles. The Morgan fingerprint density at radius 3 is 2.31 bits per heavy atom. The van der Waals surface area contributed by atoms with Crippen LogP contribution in [0.1, 0.15) is 11.1 Å². The first-order valence-electron chi connectivity index (χ1n) is 7.50. The van der Waals surface area contributed by atoms with E-state index < -0.39 is 24.4 Å². The zero-order valence-corrected chi connectivity index (χ0v) is 13.3. The Labute approximate surface area is 146 Å². The van der Waals surface area contributed by atoms with Crippen molar-refractivity contribution in [3.63, 3.8) is 0 Å². The van der Waals surface area contributed by atoms with Crippen LogP contribution in [0.2, 0.25) is 0 Å². The van der Waals surface area contributed by atoms with E-state index in [0.717, 1.165) is 6.07 Å². The third-order valence-electron chi connectivity index (χ3n) is 3.34. The summed E-state index contributed by atoms with van der Waals surface area (Å²) in [7, 11) is 0. The molecule has 0 aliphatic rings. The lowest BCUT2D eigenvalue weighted by Crippen LogP contribution is -2.30. The minimum atomic E-state index is -4.46. The molecule has 0 spiro atoms. The molecule has 2 aromatic carbocycles. The van der Waals surface area contributed by atoms with Gasteiger partial charge in [0.15, 0.2) is 0 Å². The molecule has 9 heteroatoms. The average molecular weight is 374 g/mol. The maximum Gasteiger partial charge on any atom is 0.416 e. The third kappa shape index (κ3) is 5.91. The molecule has 0 fully saturated rings. The van der Waals surface area contributed by atoms with Crippen molar-refractivity contribution in [3.8, 4) is 5.75 Å². The van der Waals surface area contributed by atoms with Crippen LogP contribution in [0.5, 0.6) is 5.75 Å². The van der Waals surface area contributed by atoms with Crippen LogP contribution in [-0.2, 0) is 12.6 Å². The Kier molecular flexibility index (Phi) is 6.37. The zero-order valence-electron chi connectivity index (χ0n) is 13.3. The number of anilines is 1. The van der Waals surface area contributed by atoms with E-state index in [1.165, 1.54) is 42.5 Å². The molecule has 0 radical (unpaired) electrons. The SMILES string of the molecule is O=C(NCCc1ccccc1C(F)(F)F)Nc1ccc(OC(F)F)cc1. The highest BCUT2D eigenvalue weighted by molar-refractivity contribution is 5.89. The van der Waals surface area contributed by atoms with Crippen molar-refractivity contribution in [2.75, 3.05) is 11.9 Å². The molecule has 2 amide bonds. The predicted octanol–water partition coefficient (Wildman–Crippen LogP) is 4.67. The molecular weight excluding hydrogens is 359 g/mol. The van der Waals surface area contributed by atoms with Gasteiger partial charge in [0, 0.05) is 12.2 Å². The second-order valence-corrected chi connectivity index (χ2v) is 5.19. The first-order valence-corrected chi connectivity index (χ1v) is 7.50. The fourth-order valence-corrected chi connectivity index (χ4v) is 2.22. The van der Waals surface area contributed by atoms with Gasteiger partial charge in [0.05, 0.1) is 5.56 Å². The van der Waals surface area contributed by atoms with E-state index in [1.54, 1.807) is 0 Å². The van der Waals surface area contributed by atoms with Gasteiger partial charge in [-0.1, -0.05) is 18.2 Å². The van der Waals surface area contributed by atoms with E-state index in [2.05, 4.69) is 15.4 Å². The lowest BCUT2D eigenvalue weighted by atomic mass is 10.0. The normalized spacial score (nSPS) is 11.3. The summed E-state index contributed by atoms with van der Waals surface area (Å²) in [5.74, 6) is -0.0604. The maximum atomic E-state index is 12.9. The van der Waals surface area contributed by atoms with Gasteiger partial charge in [-0.25, -0.2) is 4.79 Å². The van der Waals surface area contributed by atoms with Crippen molar-refractivity contribution >= 4 is 11.7 Å². The van der Waals surface area contributed by atoms with Gasteiger partial charge in [0.1, 0.15) is 5.75 Å². The number of rotatable bonds is 6. The Balaban J connectivity index is 1.84. The molecule has 0 bridgehead atoms. The maximum absolute atomic E-state index is 12.9. The van der Waals surface area contributed by atoms with Gasteiger partial charge >= 0.3 is 18.8 Å². The number of nitrogens with one attached hydrogen (secondary N) is 2. The molecule has 0 atom stereocenters. The number of hydrogen-bond donors (Lipinski definition) is 2. The number of alkyl halides is 5. The number of carbonyl (C=O) groups is 1. The van der Waals surface area contributed by atoms with Crippen LogP contribution in [0.25, 0.3) is 0 Å². The van der Waals surface area contributed by atoms with Gasteiger partial charge < -0.3 is 15.4 Å². The van der Waals surface area contributed by atoms with Crippen LogP contribution in [0, 0.1) is 0 Å². The highest BCUT2D eigenvalue weighted by atomic mass is 19.4. The van der Waals surface area contributed by atoms with Crippen molar-refractivity contribution in [2.45, 2.75) is 19.2 Å². The first-order chi connectivity index (χ1) is 12.3. The summed E-state index contributed by atoms with van der Waals surface area (Å²) in [6.07, 6.45) is -4.45. The fourth-order valence-electron chi connectivity index (χ4n) is 2.22. The Morgan fingerprint density at radius 2 is 1.69 bits per heavy atom. The second-order valence-electron chi connectivity index (χ2n) is 5.19. The summed E-state index contributed by atoms with van der Waals surface area (Å²) in [4.78, 5) is 11.8. The molecule has 0 unspecified atom stereocenters.